The number of likely N-dealkylation sites (tertiary alicyclic amines) is 1. The minimum atomic E-state index is 0.674. The molecule has 0 saturated carbocycles. The Bertz CT molecular complexity index is 194. The molecule has 2 heteroatoms. The second-order valence-electron chi connectivity index (χ2n) is 5.76. The molecule has 0 aromatic heterocycles. The predicted octanol–water partition coefficient (Wildman–Crippen LogP) is 1.72. The van der Waals surface area contributed by atoms with Crippen LogP contribution in [0.2, 0.25) is 0 Å². The standard InChI is InChI=1S/C12H24N2/c1-10(2)14-8-12(9-14)4-5-13-7-11(3)6-12/h10-11,13H,4-9H2,1-3H3. The molecule has 0 bridgehead atoms. The molecular formula is C12H24N2. The van der Waals surface area contributed by atoms with Gasteiger partial charge in [0.2, 0.25) is 0 Å². The van der Waals surface area contributed by atoms with Gasteiger partial charge in [0.05, 0.1) is 0 Å². The number of hydrogen-bond acceptors (Lipinski definition) is 2. The first-order valence-corrected chi connectivity index (χ1v) is 6.06. The van der Waals surface area contributed by atoms with Gasteiger partial charge in [0.1, 0.15) is 0 Å². The molecule has 0 aliphatic carbocycles. The normalized spacial score (nSPS) is 33.0. The molecule has 2 fully saturated rings. The molecule has 0 aromatic rings. The SMILES string of the molecule is CC1CNCCC2(C1)CN(C(C)C)C2. The van der Waals surface area contributed by atoms with Crippen LogP contribution in [0.1, 0.15) is 33.6 Å². The summed E-state index contributed by atoms with van der Waals surface area (Å²) >= 11 is 0. The van der Waals surface area contributed by atoms with Crippen LogP contribution < -0.4 is 5.32 Å². The van der Waals surface area contributed by atoms with E-state index >= 15 is 0 Å². The van der Waals surface area contributed by atoms with Crippen molar-refractivity contribution in [1.29, 1.82) is 0 Å². The average Bonchev–Trinajstić information content (AvgIpc) is 2.23. The molecule has 1 unspecified atom stereocenters. The molecule has 2 aliphatic heterocycles. The van der Waals surface area contributed by atoms with Gasteiger partial charge in [0, 0.05) is 19.1 Å². The van der Waals surface area contributed by atoms with Crippen LogP contribution in [0.25, 0.3) is 0 Å². The molecule has 2 aliphatic rings. The summed E-state index contributed by atoms with van der Waals surface area (Å²) in [6.07, 6.45) is 2.82. The summed E-state index contributed by atoms with van der Waals surface area (Å²) in [6.45, 7) is 12.2. The Hall–Kier alpha value is -0.0800. The Balaban J connectivity index is 1.91. The van der Waals surface area contributed by atoms with E-state index < -0.39 is 0 Å². The summed E-state index contributed by atoms with van der Waals surface area (Å²) in [5.74, 6) is 0.867. The Labute approximate surface area is 88.1 Å². The van der Waals surface area contributed by atoms with Crippen molar-refractivity contribution in [1.82, 2.24) is 10.2 Å². The molecule has 1 atom stereocenters. The van der Waals surface area contributed by atoms with Gasteiger partial charge in [0.15, 0.2) is 0 Å². The summed E-state index contributed by atoms with van der Waals surface area (Å²) in [7, 11) is 0. The molecule has 0 amide bonds. The number of nitrogens with zero attached hydrogens (tertiary/aromatic N) is 1. The van der Waals surface area contributed by atoms with Gasteiger partial charge in [0.25, 0.3) is 0 Å². The van der Waals surface area contributed by atoms with Gasteiger partial charge in [-0.25, -0.2) is 0 Å². The van der Waals surface area contributed by atoms with Crippen LogP contribution in [0.4, 0.5) is 0 Å². The van der Waals surface area contributed by atoms with Gasteiger partial charge in [-0.05, 0) is 51.1 Å². The number of nitrogens with one attached hydrogen (secondary N) is 1. The minimum absolute atomic E-state index is 0.674. The van der Waals surface area contributed by atoms with Crippen molar-refractivity contribution in [2.24, 2.45) is 11.3 Å². The third-order valence-electron chi connectivity index (χ3n) is 3.91. The van der Waals surface area contributed by atoms with Gasteiger partial charge in [-0.3, -0.25) is 4.90 Å². The monoisotopic (exact) mass is 196 g/mol. The lowest BCUT2D eigenvalue weighted by Crippen LogP contribution is -2.59. The molecule has 2 nitrogen and oxygen atoms in total. The van der Waals surface area contributed by atoms with Crippen LogP contribution in [-0.4, -0.2) is 37.1 Å². The second kappa shape index (κ2) is 3.82. The maximum absolute atomic E-state index is 3.55. The Morgan fingerprint density at radius 2 is 2.07 bits per heavy atom. The third kappa shape index (κ3) is 1.96. The first-order chi connectivity index (χ1) is 6.61. The topological polar surface area (TPSA) is 15.3 Å². The molecule has 0 radical (unpaired) electrons. The number of hydrogen-bond donors (Lipinski definition) is 1. The van der Waals surface area contributed by atoms with Crippen molar-refractivity contribution in [2.45, 2.75) is 39.7 Å². The molecule has 0 aromatic carbocycles. The molecular weight excluding hydrogens is 172 g/mol. The Kier molecular flexibility index (Phi) is 2.85. The molecule has 1 N–H and O–H groups in total. The lowest BCUT2D eigenvalue weighted by Gasteiger charge is -2.53. The van der Waals surface area contributed by atoms with Crippen LogP contribution in [-0.2, 0) is 0 Å². The highest BCUT2D eigenvalue weighted by Gasteiger charge is 2.44. The van der Waals surface area contributed by atoms with E-state index in [1.54, 1.807) is 0 Å². The molecule has 2 rings (SSSR count). The summed E-state index contributed by atoms with van der Waals surface area (Å²) in [6, 6.07) is 0.743. The van der Waals surface area contributed by atoms with Crippen molar-refractivity contribution in [3.05, 3.63) is 0 Å². The summed E-state index contributed by atoms with van der Waals surface area (Å²) in [5, 5.41) is 3.55. The largest absolute Gasteiger partial charge is 0.316 e. The van der Waals surface area contributed by atoms with Crippen molar-refractivity contribution in [3.8, 4) is 0 Å². The lowest BCUT2D eigenvalue weighted by atomic mass is 9.71. The highest BCUT2D eigenvalue weighted by Crippen LogP contribution is 2.41. The molecule has 1 spiro atoms. The van der Waals surface area contributed by atoms with Crippen molar-refractivity contribution in [3.63, 3.8) is 0 Å². The van der Waals surface area contributed by atoms with Crippen LogP contribution in [0.3, 0.4) is 0 Å². The van der Waals surface area contributed by atoms with Gasteiger partial charge in [-0.1, -0.05) is 6.92 Å². The summed E-state index contributed by atoms with van der Waals surface area (Å²) < 4.78 is 0. The maximum atomic E-state index is 3.55. The highest BCUT2D eigenvalue weighted by atomic mass is 15.2. The fraction of sp³-hybridized carbons (Fsp3) is 1.00. The van der Waals surface area contributed by atoms with E-state index in [0.29, 0.717) is 5.41 Å². The smallest absolute Gasteiger partial charge is 0.00538 e. The average molecular weight is 196 g/mol. The maximum Gasteiger partial charge on any atom is 0.00538 e. The Morgan fingerprint density at radius 3 is 2.71 bits per heavy atom. The fourth-order valence-corrected chi connectivity index (χ4v) is 3.08. The summed E-state index contributed by atoms with van der Waals surface area (Å²) in [4.78, 5) is 2.61. The van der Waals surface area contributed by atoms with E-state index in [0.717, 1.165) is 12.0 Å². The van der Waals surface area contributed by atoms with Crippen LogP contribution in [0.15, 0.2) is 0 Å². The number of rotatable bonds is 1. The van der Waals surface area contributed by atoms with Gasteiger partial charge < -0.3 is 5.32 Å². The van der Waals surface area contributed by atoms with Crippen molar-refractivity contribution >= 4 is 0 Å². The van der Waals surface area contributed by atoms with Gasteiger partial charge in [-0.15, -0.1) is 0 Å². The lowest BCUT2D eigenvalue weighted by molar-refractivity contribution is -0.0365. The molecule has 82 valence electrons. The minimum Gasteiger partial charge on any atom is -0.316 e. The second-order valence-corrected chi connectivity index (χ2v) is 5.76. The van der Waals surface area contributed by atoms with Gasteiger partial charge in [-0.2, -0.15) is 0 Å². The van der Waals surface area contributed by atoms with E-state index in [4.69, 9.17) is 0 Å². The zero-order valence-corrected chi connectivity index (χ0v) is 9.84. The van der Waals surface area contributed by atoms with Crippen molar-refractivity contribution in [2.75, 3.05) is 26.2 Å². The van der Waals surface area contributed by atoms with E-state index in [-0.39, 0.29) is 0 Å². The first kappa shape index (κ1) is 10.4. The van der Waals surface area contributed by atoms with Crippen LogP contribution >= 0.6 is 0 Å². The zero-order valence-electron chi connectivity index (χ0n) is 9.84. The third-order valence-corrected chi connectivity index (χ3v) is 3.91. The van der Waals surface area contributed by atoms with E-state index in [9.17, 15) is 0 Å². The van der Waals surface area contributed by atoms with E-state index in [2.05, 4.69) is 31.0 Å². The molecule has 2 saturated heterocycles. The molecule has 2 heterocycles. The predicted molar refractivity (Wildman–Crippen MR) is 60.4 cm³/mol. The van der Waals surface area contributed by atoms with Crippen LogP contribution in [0, 0.1) is 11.3 Å². The summed E-state index contributed by atoms with van der Waals surface area (Å²) in [5.41, 5.74) is 0.674. The quantitative estimate of drug-likeness (QED) is 0.687. The first-order valence-electron chi connectivity index (χ1n) is 6.06. The highest BCUT2D eigenvalue weighted by molar-refractivity contribution is 4.98. The van der Waals surface area contributed by atoms with Crippen LogP contribution in [0.5, 0.6) is 0 Å². The van der Waals surface area contributed by atoms with E-state index in [1.165, 1.54) is 39.0 Å². The van der Waals surface area contributed by atoms with Gasteiger partial charge >= 0.3 is 0 Å². The van der Waals surface area contributed by atoms with Crippen molar-refractivity contribution < 1.29 is 0 Å². The van der Waals surface area contributed by atoms with E-state index in [1.807, 2.05) is 0 Å². The zero-order chi connectivity index (χ0) is 10.2. The Morgan fingerprint density at radius 1 is 1.36 bits per heavy atom. The fourth-order valence-electron chi connectivity index (χ4n) is 3.08. The molecule has 14 heavy (non-hydrogen) atoms.